The highest BCUT2D eigenvalue weighted by Crippen LogP contribution is 2.21. The lowest BCUT2D eigenvalue weighted by Crippen LogP contribution is -2.33. The van der Waals surface area contributed by atoms with Crippen molar-refractivity contribution in [2.24, 2.45) is 0 Å². The first-order valence-electron chi connectivity index (χ1n) is 8.37. The van der Waals surface area contributed by atoms with Crippen LogP contribution in [0.2, 0.25) is 0 Å². The smallest absolute Gasteiger partial charge is 0.251 e. The Labute approximate surface area is 141 Å². The average molecular weight is 326 g/mol. The van der Waals surface area contributed by atoms with Crippen LogP contribution in [0.5, 0.6) is 0 Å². The van der Waals surface area contributed by atoms with E-state index in [-0.39, 0.29) is 17.9 Å². The zero-order chi connectivity index (χ0) is 16.9. The normalized spacial score (nSPS) is 15.5. The van der Waals surface area contributed by atoms with Crippen LogP contribution in [0.4, 0.5) is 5.69 Å². The SMILES string of the molecule is C[C@H](CCc1ccco1)NC(=O)c1ccc(N2CCCC2=O)cc1. The third-order valence-electron chi connectivity index (χ3n) is 4.30. The highest BCUT2D eigenvalue weighted by atomic mass is 16.3. The summed E-state index contributed by atoms with van der Waals surface area (Å²) in [4.78, 5) is 25.8. The molecule has 1 fully saturated rings. The Morgan fingerprint density at radius 3 is 2.71 bits per heavy atom. The maximum atomic E-state index is 12.3. The first-order chi connectivity index (χ1) is 11.6. The monoisotopic (exact) mass is 326 g/mol. The van der Waals surface area contributed by atoms with Gasteiger partial charge in [0.15, 0.2) is 0 Å². The fraction of sp³-hybridized carbons (Fsp3) is 0.368. The first kappa shape index (κ1) is 16.3. The Hall–Kier alpha value is -2.56. The van der Waals surface area contributed by atoms with Gasteiger partial charge in [0.05, 0.1) is 6.26 Å². The molecular formula is C19H22N2O3. The zero-order valence-corrected chi connectivity index (χ0v) is 13.8. The number of furan rings is 1. The molecule has 2 amide bonds. The minimum absolute atomic E-state index is 0.0578. The molecule has 0 aliphatic carbocycles. The van der Waals surface area contributed by atoms with E-state index in [1.165, 1.54) is 0 Å². The van der Waals surface area contributed by atoms with Gasteiger partial charge in [-0.25, -0.2) is 0 Å². The van der Waals surface area contributed by atoms with Crippen molar-refractivity contribution >= 4 is 17.5 Å². The summed E-state index contributed by atoms with van der Waals surface area (Å²) in [5.74, 6) is 0.982. The van der Waals surface area contributed by atoms with Crippen LogP contribution in [0.3, 0.4) is 0 Å². The summed E-state index contributed by atoms with van der Waals surface area (Å²) >= 11 is 0. The van der Waals surface area contributed by atoms with Crippen LogP contribution in [-0.2, 0) is 11.2 Å². The van der Waals surface area contributed by atoms with E-state index in [0.29, 0.717) is 12.0 Å². The number of benzene rings is 1. The molecule has 0 radical (unpaired) electrons. The predicted molar refractivity (Wildman–Crippen MR) is 92.0 cm³/mol. The number of rotatable bonds is 6. The summed E-state index contributed by atoms with van der Waals surface area (Å²) in [6.45, 7) is 2.74. The number of carbonyl (C=O) groups excluding carboxylic acids is 2. The highest BCUT2D eigenvalue weighted by molar-refractivity contribution is 5.97. The molecule has 2 heterocycles. The molecular weight excluding hydrogens is 304 g/mol. The topological polar surface area (TPSA) is 62.6 Å². The quantitative estimate of drug-likeness (QED) is 0.887. The molecule has 0 spiro atoms. The van der Waals surface area contributed by atoms with Gasteiger partial charge in [-0.2, -0.15) is 0 Å². The van der Waals surface area contributed by atoms with Gasteiger partial charge in [0.25, 0.3) is 5.91 Å². The average Bonchev–Trinajstić information content (AvgIpc) is 3.24. The minimum Gasteiger partial charge on any atom is -0.469 e. The van der Waals surface area contributed by atoms with E-state index < -0.39 is 0 Å². The summed E-state index contributed by atoms with van der Waals surface area (Å²) in [7, 11) is 0. The van der Waals surface area contributed by atoms with Crippen molar-refractivity contribution in [2.75, 3.05) is 11.4 Å². The molecule has 126 valence electrons. The Balaban J connectivity index is 1.53. The number of anilines is 1. The van der Waals surface area contributed by atoms with Crippen molar-refractivity contribution in [1.29, 1.82) is 0 Å². The van der Waals surface area contributed by atoms with Gasteiger partial charge >= 0.3 is 0 Å². The standard InChI is InChI=1S/C19H22N2O3/c1-14(6-11-17-4-3-13-24-17)20-19(23)15-7-9-16(10-8-15)21-12-2-5-18(21)22/h3-4,7-10,13-14H,2,5-6,11-12H2,1H3,(H,20,23)/t14-/m1/s1. The van der Waals surface area contributed by atoms with E-state index in [1.807, 2.05) is 31.2 Å². The Kier molecular flexibility index (Phi) is 4.99. The molecule has 0 unspecified atom stereocenters. The number of aryl methyl sites for hydroxylation is 1. The molecule has 1 aromatic carbocycles. The zero-order valence-electron chi connectivity index (χ0n) is 13.8. The summed E-state index contributed by atoms with van der Waals surface area (Å²) in [5, 5.41) is 3.00. The largest absolute Gasteiger partial charge is 0.469 e. The van der Waals surface area contributed by atoms with Crippen molar-refractivity contribution < 1.29 is 14.0 Å². The van der Waals surface area contributed by atoms with Gasteiger partial charge in [-0.15, -0.1) is 0 Å². The van der Waals surface area contributed by atoms with Crippen molar-refractivity contribution in [2.45, 2.75) is 38.6 Å². The summed E-state index contributed by atoms with van der Waals surface area (Å²) < 4.78 is 5.30. The summed E-state index contributed by atoms with van der Waals surface area (Å²) in [6, 6.07) is 11.1. The Morgan fingerprint density at radius 1 is 1.29 bits per heavy atom. The third kappa shape index (κ3) is 3.85. The number of hydrogen-bond donors (Lipinski definition) is 1. The molecule has 1 atom stereocenters. The maximum absolute atomic E-state index is 12.3. The van der Waals surface area contributed by atoms with E-state index in [2.05, 4.69) is 5.32 Å². The minimum atomic E-state index is -0.0961. The molecule has 24 heavy (non-hydrogen) atoms. The second-order valence-electron chi connectivity index (χ2n) is 6.19. The molecule has 0 bridgehead atoms. The number of carbonyl (C=O) groups is 2. The molecule has 2 aromatic rings. The van der Waals surface area contributed by atoms with Gasteiger partial charge in [0, 0.05) is 36.7 Å². The van der Waals surface area contributed by atoms with Crippen LogP contribution in [-0.4, -0.2) is 24.4 Å². The number of nitrogens with zero attached hydrogens (tertiary/aromatic N) is 1. The van der Waals surface area contributed by atoms with Gasteiger partial charge in [-0.05, 0) is 56.2 Å². The van der Waals surface area contributed by atoms with E-state index in [9.17, 15) is 9.59 Å². The molecule has 1 aliphatic rings. The molecule has 5 nitrogen and oxygen atoms in total. The maximum Gasteiger partial charge on any atom is 0.251 e. The third-order valence-corrected chi connectivity index (χ3v) is 4.30. The number of amides is 2. The molecule has 5 heteroatoms. The highest BCUT2D eigenvalue weighted by Gasteiger charge is 2.21. The molecule has 1 saturated heterocycles. The lowest BCUT2D eigenvalue weighted by molar-refractivity contribution is -0.117. The van der Waals surface area contributed by atoms with Crippen molar-refractivity contribution in [3.63, 3.8) is 0 Å². The molecule has 1 aromatic heterocycles. The van der Waals surface area contributed by atoms with Gasteiger partial charge in [-0.3, -0.25) is 9.59 Å². The van der Waals surface area contributed by atoms with Gasteiger partial charge in [-0.1, -0.05) is 0 Å². The van der Waals surface area contributed by atoms with Crippen LogP contribution in [0, 0.1) is 0 Å². The van der Waals surface area contributed by atoms with Crippen LogP contribution < -0.4 is 10.2 Å². The lowest BCUT2D eigenvalue weighted by Gasteiger charge is -2.17. The van der Waals surface area contributed by atoms with Crippen LogP contribution >= 0.6 is 0 Å². The lowest BCUT2D eigenvalue weighted by atomic mass is 10.1. The number of hydrogen-bond acceptors (Lipinski definition) is 3. The van der Waals surface area contributed by atoms with Crippen LogP contribution in [0.25, 0.3) is 0 Å². The van der Waals surface area contributed by atoms with Gasteiger partial charge < -0.3 is 14.6 Å². The second kappa shape index (κ2) is 7.34. The van der Waals surface area contributed by atoms with Crippen LogP contribution in [0.15, 0.2) is 47.1 Å². The fourth-order valence-corrected chi connectivity index (χ4v) is 2.91. The summed E-state index contributed by atoms with van der Waals surface area (Å²) in [5.41, 5.74) is 1.47. The van der Waals surface area contributed by atoms with Gasteiger partial charge in [0.2, 0.25) is 5.91 Å². The van der Waals surface area contributed by atoms with Gasteiger partial charge in [0.1, 0.15) is 5.76 Å². The van der Waals surface area contributed by atoms with E-state index in [1.54, 1.807) is 23.3 Å². The molecule has 0 saturated carbocycles. The Morgan fingerprint density at radius 2 is 2.08 bits per heavy atom. The van der Waals surface area contributed by atoms with Crippen LogP contribution in [0.1, 0.15) is 42.3 Å². The number of nitrogens with one attached hydrogen (secondary N) is 1. The van der Waals surface area contributed by atoms with Crippen molar-refractivity contribution in [3.8, 4) is 0 Å². The molecule has 1 N–H and O–H groups in total. The van der Waals surface area contributed by atoms with E-state index in [0.717, 1.165) is 37.3 Å². The van der Waals surface area contributed by atoms with E-state index in [4.69, 9.17) is 4.42 Å². The fourth-order valence-electron chi connectivity index (χ4n) is 2.91. The predicted octanol–water partition coefficient (Wildman–Crippen LogP) is 3.16. The summed E-state index contributed by atoms with van der Waals surface area (Å²) in [6.07, 6.45) is 4.78. The Bertz CT molecular complexity index is 692. The molecule has 3 rings (SSSR count). The van der Waals surface area contributed by atoms with Crippen molar-refractivity contribution in [3.05, 3.63) is 54.0 Å². The second-order valence-corrected chi connectivity index (χ2v) is 6.19. The van der Waals surface area contributed by atoms with E-state index >= 15 is 0 Å². The van der Waals surface area contributed by atoms with Crippen molar-refractivity contribution in [1.82, 2.24) is 5.32 Å². The first-order valence-corrected chi connectivity index (χ1v) is 8.37. The molecule has 1 aliphatic heterocycles.